The number of hydrogen-bond donors (Lipinski definition) is 2. The van der Waals surface area contributed by atoms with Gasteiger partial charge in [-0.05, 0) is 12.1 Å². The van der Waals surface area contributed by atoms with Crippen LogP contribution < -0.4 is 42.8 Å². The second kappa shape index (κ2) is 10.9. The molecule has 0 saturated heterocycles. The molecular formula is C6H5Cl3FeNO3. The van der Waals surface area contributed by atoms with Gasteiger partial charge >= 0.3 is 23.0 Å². The molecule has 0 unspecified atom stereocenters. The average molecular weight is 301 g/mol. The fourth-order valence-corrected chi connectivity index (χ4v) is 0.590. The number of pyridine rings is 1. The Kier molecular flexibility index (Phi) is 18.3. The van der Waals surface area contributed by atoms with Gasteiger partial charge in [0.2, 0.25) is 0 Å². The summed E-state index contributed by atoms with van der Waals surface area (Å²) in [5.41, 5.74) is -0.808. The molecular weight excluding hydrogens is 296 g/mol. The van der Waals surface area contributed by atoms with Gasteiger partial charge < -0.3 is 47.3 Å². The minimum atomic E-state index is -1.21. The van der Waals surface area contributed by atoms with Crippen LogP contribution in [0.1, 0.15) is 10.4 Å². The van der Waals surface area contributed by atoms with Gasteiger partial charge in [0.05, 0.1) is 0 Å². The molecule has 8 heteroatoms. The van der Waals surface area contributed by atoms with E-state index in [2.05, 4.69) is 4.98 Å². The maximum atomic E-state index is 10.6. The molecule has 0 aromatic carbocycles. The van der Waals surface area contributed by atoms with E-state index in [1.165, 1.54) is 18.3 Å². The van der Waals surface area contributed by atoms with Gasteiger partial charge in [0.15, 0.2) is 0 Å². The predicted octanol–water partition coefficient (Wildman–Crippen LogP) is -8.92. The number of aromatic nitrogens is 1. The molecule has 81 valence electrons. The van der Waals surface area contributed by atoms with Crippen LogP contribution in [-0.2, 0) is 17.1 Å². The van der Waals surface area contributed by atoms with Crippen LogP contribution in [0.4, 0.5) is 0 Å². The minimum Gasteiger partial charge on any atom is -1.00 e. The molecule has 0 aliphatic carbocycles. The number of hydrogen-bond acceptors (Lipinski definition) is 2. The van der Waals surface area contributed by atoms with E-state index in [1.54, 1.807) is 0 Å². The number of nitrogens with one attached hydrogen (secondary N) is 1. The van der Waals surface area contributed by atoms with Crippen molar-refractivity contribution >= 4 is 5.97 Å². The van der Waals surface area contributed by atoms with Gasteiger partial charge in [-0.25, -0.2) is 4.79 Å². The van der Waals surface area contributed by atoms with Crippen molar-refractivity contribution in [3.05, 3.63) is 34.2 Å². The Labute approximate surface area is 109 Å². The Balaban J connectivity index is -0.000000125. The van der Waals surface area contributed by atoms with E-state index in [1.807, 2.05) is 0 Å². The predicted molar refractivity (Wildman–Crippen MR) is 34.0 cm³/mol. The van der Waals surface area contributed by atoms with E-state index in [0.717, 1.165) is 0 Å². The molecule has 1 rings (SSSR count). The van der Waals surface area contributed by atoms with Crippen molar-refractivity contribution in [1.29, 1.82) is 0 Å². The Hall–Kier alpha value is -0.191. The topological polar surface area (TPSA) is 70.2 Å². The van der Waals surface area contributed by atoms with Gasteiger partial charge in [-0.2, -0.15) is 0 Å². The van der Waals surface area contributed by atoms with Gasteiger partial charge in [0, 0.05) is 6.20 Å². The summed E-state index contributed by atoms with van der Waals surface area (Å²) in [4.78, 5) is 23.1. The van der Waals surface area contributed by atoms with Gasteiger partial charge in [0.1, 0.15) is 5.56 Å². The second-order valence-corrected chi connectivity index (χ2v) is 1.72. The maximum absolute atomic E-state index is 10.6. The standard InChI is InChI=1S/C6H5NO3.3ClH.Fe/c8-5-4(6(9)10)2-1-3-7-5;;;;/h1-3H,(H,7,8)(H,9,10);3*1H;/q;;;;+3/p-3. The van der Waals surface area contributed by atoms with E-state index in [4.69, 9.17) is 5.11 Å². The maximum Gasteiger partial charge on any atom is 3.00 e. The average Bonchev–Trinajstić information content (AvgIpc) is 1.88. The Morgan fingerprint density at radius 3 is 2.07 bits per heavy atom. The fourth-order valence-electron chi connectivity index (χ4n) is 0.590. The number of halogens is 3. The van der Waals surface area contributed by atoms with Crippen molar-refractivity contribution in [2.24, 2.45) is 0 Å². The zero-order chi connectivity index (χ0) is 7.56. The van der Waals surface area contributed by atoms with E-state index < -0.39 is 11.5 Å². The van der Waals surface area contributed by atoms with Gasteiger partial charge in [-0.1, -0.05) is 0 Å². The zero-order valence-electron chi connectivity index (χ0n) is 6.48. The summed E-state index contributed by atoms with van der Waals surface area (Å²) in [7, 11) is 0. The van der Waals surface area contributed by atoms with Crippen molar-refractivity contribution in [2.45, 2.75) is 0 Å². The van der Waals surface area contributed by atoms with Crippen LogP contribution in [-0.4, -0.2) is 16.1 Å². The molecule has 2 N–H and O–H groups in total. The van der Waals surface area contributed by atoms with Crippen LogP contribution in [0.25, 0.3) is 0 Å². The van der Waals surface area contributed by atoms with Crippen LogP contribution in [0.5, 0.6) is 0 Å². The number of carboxylic acid groups (broad SMARTS) is 1. The molecule has 0 spiro atoms. The van der Waals surface area contributed by atoms with Crippen molar-refractivity contribution in [2.75, 3.05) is 0 Å². The first-order chi connectivity index (χ1) is 4.72. The molecule has 4 nitrogen and oxygen atoms in total. The largest absolute Gasteiger partial charge is 3.00 e. The number of carboxylic acids is 1. The van der Waals surface area contributed by atoms with Crippen LogP contribution in [0, 0.1) is 0 Å². The van der Waals surface area contributed by atoms with Crippen molar-refractivity contribution < 1.29 is 64.2 Å². The number of rotatable bonds is 1. The molecule has 1 aromatic heterocycles. The number of aromatic amines is 1. The molecule has 0 atom stereocenters. The first-order valence-corrected chi connectivity index (χ1v) is 2.63. The summed E-state index contributed by atoms with van der Waals surface area (Å²) in [5.74, 6) is -1.21. The quantitative estimate of drug-likeness (QED) is 0.506. The summed E-state index contributed by atoms with van der Waals surface area (Å²) in [6.07, 6.45) is 1.38. The summed E-state index contributed by atoms with van der Waals surface area (Å²) >= 11 is 0. The molecule has 1 aromatic rings. The molecule has 1 heterocycles. The van der Waals surface area contributed by atoms with Crippen LogP contribution >= 0.6 is 0 Å². The Morgan fingerprint density at radius 1 is 1.29 bits per heavy atom. The molecule has 0 aliphatic rings. The van der Waals surface area contributed by atoms with Crippen molar-refractivity contribution in [1.82, 2.24) is 4.98 Å². The van der Waals surface area contributed by atoms with Gasteiger partial charge in [-0.15, -0.1) is 0 Å². The van der Waals surface area contributed by atoms with E-state index in [0.29, 0.717) is 0 Å². The monoisotopic (exact) mass is 300 g/mol. The van der Waals surface area contributed by atoms with Crippen LogP contribution in [0.15, 0.2) is 23.1 Å². The molecule has 0 fully saturated rings. The van der Waals surface area contributed by atoms with E-state index in [9.17, 15) is 9.59 Å². The van der Waals surface area contributed by atoms with Crippen molar-refractivity contribution in [3.8, 4) is 0 Å². The Bertz CT molecular complexity index is 317. The third-order valence-corrected chi connectivity index (χ3v) is 1.05. The van der Waals surface area contributed by atoms with Gasteiger partial charge in [-0.3, -0.25) is 4.79 Å². The molecule has 0 saturated carbocycles. The molecule has 0 aliphatic heterocycles. The van der Waals surface area contributed by atoms with Crippen LogP contribution in [0.2, 0.25) is 0 Å². The molecule has 0 amide bonds. The minimum absolute atomic E-state index is 0. The molecule has 0 bridgehead atoms. The number of H-pyrrole nitrogens is 1. The third-order valence-electron chi connectivity index (χ3n) is 1.05. The smallest absolute Gasteiger partial charge is 1.00 e. The molecule has 14 heavy (non-hydrogen) atoms. The summed E-state index contributed by atoms with van der Waals surface area (Å²) in [6.45, 7) is 0. The first kappa shape index (κ1) is 23.5. The van der Waals surface area contributed by atoms with E-state index in [-0.39, 0.29) is 59.9 Å². The summed E-state index contributed by atoms with van der Waals surface area (Å²) in [5, 5.41) is 8.35. The van der Waals surface area contributed by atoms with Crippen LogP contribution in [0.3, 0.4) is 0 Å². The Morgan fingerprint density at radius 2 is 1.79 bits per heavy atom. The van der Waals surface area contributed by atoms with Crippen molar-refractivity contribution in [3.63, 3.8) is 0 Å². The SMILES string of the molecule is O=C(O)c1ccc[nH]c1=O.[Cl-].[Cl-].[Cl-].[Fe+3]. The normalized spacial score (nSPS) is 6.57. The molecule has 1 radical (unpaired) electrons. The summed E-state index contributed by atoms with van der Waals surface area (Å²) < 4.78 is 0. The third kappa shape index (κ3) is 6.29. The van der Waals surface area contributed by atoms with Gasteiger partial charge in [0.25, 0.3) is 5.56 Å². The zero-order valence-corrected chi connectivity index (χ0v) is 9.86. The van der Waals surface area contributed by atoms with E-state index >= 15 is 0 Å². The summed E-state index contributed by atoms with van der Waals surface area (Å²) in [6, 6.07) is 2.71. The number of aromatic carboxylic acids is 1. The number of carbonyl (C=O) groups is 1. The fraction of sp³-hybridized carbons (Fsp3) is 0. The second-order valence-electron chi connectivity index (χ2n) is 1.72. The first-order valence-electron chi connectivity index (χ1n) is 2.63.